The molecule has 0 aliphatic heterocycles. The van der Waals surface area contributed by atoms with E-state index in [0.29, 0.717) is 12.1 Å². The zero-order valence-corrected chi connectivity index (χ0v) is 11.7. The van der Waals surface area contributed by atoms with Crippen LogP contribution in [0.3, 0.4) is 0 Å². The Balaban J connectivity index is 3.18. The molecule has 20 heavy (non-hydrogen) atoms. The molecule has 5 nitrogen and oxygen atoms in total. The van der Waals surface area contributed by atoms with Crippen molar-refractivity contribution in [1.82, 2.24) is 4.90 Å². The molecule has 1 amide bonds. The topological polar surface area (TPSA) is 63.5 Å². The zero-order chi connectivity index (χ0) is 15.6. The number of nitro groups is 1. The van der Waals surface area contributed by atoms with Crippen molar-refractivity contribution in [2.24, 2.45) is 5.92 Å². The van der Waals surface area contributed by atoms with Gasteiger partial charge < -0.3 is 4.90 Å². The van der Waals surface area contributed by atoms with E-state index >= 15 is 0 Å². The van der Waals surface area contributed by atoms with Crippen LogP contribution in [0.25, 0.3) is 0 Å². The maximum absolute atomic E-state index is 13.7. The van der Waals surface area contributed by atoms with Crippen molar-refractivity contribution in [3.63, 3.8) is 0 Å². The fraction of sp³-hybridized carbons (Fsp3) is 0.462. The highest BCUT2D eigenvalue weighted by molar-refractivity contribution is 5.94. The molecule has 0 heterocycles. The van der Waals surface area contributed by atoms with Crippen LogP contribution in [0.2, 0.25) is 0 Å². The number of rotatable bonds is 4. The lowest BCUT2D eigenvalue weighted by Gasteiger charge is -2.28. The number of amides is 1. The normalized spacial score (nSPS) is 12.3. The van der Waals surface area contributed by atoms with Crippen molar-refractivity contribution in [2.75, 3.05) is 7.05 Å². The Morgan fingerprint density at radius 2 is 1.80 bits per heavy atom. The summed E-state index contributed by atoms with van der Waals surface area (Å²) < 4.78 is 27.2. The minimum atomic E-state index is -1.23. The Kier molecular flexibility index (Phi) is 4.75. The van der Waals surface area contributed by atoms with Gasteiger partial charge in [0.2, 0.25) is 5.82 Å². The summed E-state index contributed by atoms with van der Waals surface area (Å²) in [5, 5.41) is 10.5. The van der Waals surface area contributed by atoms with E-state index in [1.165, 1.54) is 11.9 Å². The minimum Gasteiger partial charge on any atom is -0.339 e. The molecule has 1 aromatic rings. The predicted molar refractivity (Wildman–Crippen MR) is 69.4 cm³/mol. The molecule has 0 bridgehead atoms. The van der Waals surface area contributed by atoms with E-state index in [1.807, 2.05) is 13.8 Å². The maximum Gasteiger partial charge on any atom is 0.307 e. The van der Waals surface area contributed by atoms with Crippen molar-refractivity contribution in [1.29, 1.82) is 0 Å². The first kappa shape index (κ1) is 16.0. The van der Waals surface area contributed by atoms with Crippen LogP contribution < -0.4 is 0 Å². The lowest BCUT2D eigenvalue weighted by Crippen LogP contribution is -2.38. The molecule has 0 aromatic heterocycles. The summed E-state index contributed by atoms with van der Waals surface area (Å²) in [6.45, 7) is 5.56. The second kappa shape index (κ2) is 5.94. The predicted octanol–water partition coefficient (Wildman–Crippen LogP) is 2.99. The molecule has 110 valence electrons. The van der Waals surface area contributed by atoms with Gasteiger partial charge in [0, 0.05) is 13.1 Å². The lowest BCUT2D eigenvalue weighted by atomic mass is 10.0. The average molecular weight is 286 g/mol. The van der Waals surface area contributed by atoms with Gasteiger partial charge in [-0.2, -0.15) is 4.39 Å². The molecule has 1 rings (SSSR count). The molecule has 0 aliphatic rings. The molecule has 0 saturated heterocycles. The van der Waals surface area contributed by atoms with E-state index in [0.717, 1.165) is 0 Å². The summed E-state index contributed by atoms with van der Waals surface area (Å²) >= 11 is 0. The maximum atomic E-state index is 13.7. The first-order valence-electron chi connectivity index (χ1n) is 6.07. The van der Waals surface area contributed by atoms with E-state index in [-0.39, 0.29) is 12.0 Å². The van der Waals surface area contributed by atoms with Gasteiger partial charge in [0.25, 0.3) is 5.91 Å². The summed E-state index contributed by atoms with van der Waals surface area (Å²) in [5.74, 6) is -2.91. The number of halogens is 2. The SMILES string of the molecule is CC(C)C(C)N(C)C(=O)c1cc(F)c([N+](=O)[O-])cc1F. The quantitative estimate of drug-likeness (QED) is 0.631. The van der Waals surface area contributed by atoms with Gasteiger partial charge >= 0.3 is 5.69 Å². The Morgan fingerprint density at radius 3 is 2.25 bits per heavy atom. The third-order valence-corrected chi connectivity index (χ3v) is 3.36. The summed E-state index contributed by atoms with van der Waals surface area (Å²) in [7, 11) is 1.48. The van der Waals surface area contributed by atoms with Gasteiger partial charge in [0.05, 0.1) is 16.6 Å². The van der Waals surface area contributed by atoms with Crippen LogP contribution in [0.1, 0.15) is 31.1 Å². The zero-order valence-electron chi connectivity index (χ0n) is 11.7. The second-order valence-electron chi connectivity index (χ2n) is 4.94. The fourth-order valence-electron chi connectivity index (χ4n) is 1.66. The molecule has 7 heteroatoms. The highest BCUT2D eigenvalue weighted by Crippen LogP contribution is 2.23. The van der Waals surface area contributed by atoms with Gasteiger partial charge in [-0.3, -0.25) is 14.9 Å². The van der Waals surface area contributed by atoms with E-state index in [4.69, 9.17) is 0 Å². The van der Waals surface area contributed by atoms with E-state index in [9.17, 15) is 23.7 Å². The first-order chi connectivity index (χ1) is 9.16. The van der Waals surface area contributed by atoms with Gasteiger partial charge in [0.1, 0.15) is 5.82 Å². The first-order valence-corrected chi connectivity index (χ1v) is 6.07. The molecule has 0 N–H and O–H groups in total. The largest absolute Gasteiger partial charge is 0.339 e. The smallest absolute Gasteiger partial charge is 0.307 e. The average Bonchev–Trinajstić information content (AvgIpc) is 2.37. The van der Waals surface area contributed by atoms with E-state index in [2.05, 4.69) is 0 Å². The van der Waals surface area contributed by atoms with Crippen LogP contribution in [-0.2, 0) is 0 Å². The van der Waals surface area contributed by atoms with Crippen LogP contribution in [0, 0.1) is 27.7 Å². The van der Waals surface area contributed by atoms with Gasteiger partial charge in [-0.1, -0.05) is 13.8 Å². The van der Waals surface area contributed by atoms with Crippen molar-refractivity contribution < 1.29 is 18.5 Å². The van der Waals surface area contributed by atoms with Crippen molar-refractivity contribution in [2.45, 2.75) is 26.8 Å². The molecule has 1 unspecified atom stereocenters. The molecule has 1 atom stereocenters. The lowest BCUT2D eigenvalue weighted by molar-refractivity contribution is -0.387. The summed E-state index contributed by atoms with van der Waals surface area (Å²) in [6.07, 6.45) is 0. The number of nitrogens with zero attached hydrogens (tertiary/aromatic N) is 2. The monoisotopic (exact) mass is 286 g/mol. The van der Waals surface area contributed by atoms with E-state index in [1.54, 1.807) is 6.92 Å². The number of hydrogen-bond donors (Lipinski definition) is 0. The molecular weight excluding hydrogens is 270 g/mol. The van der Waals surface area contributed by atoms with Crippen molar-refractivity contribution >= 4 is 11.6 Å². The molecule has 0 radical (unpaired) electrons. The van der Waals surface area contributed by atoms with Crippen LogP contribution in [-0.4, -0.2) is 28.8 Å². The van der Waals surface area contributed by atoms with Gasteiger partial charge in [-0.15, -0.1) is 0 Å². The molecular formula is C13H16F2N2O3. The van der Waals surface area contributed by atoms with Crippen molar-refractivity contribution in [3.05, 3.63) is 39.4 Å². The van der Waals surface area contributed by atoms with Crippen LogP contribution in [0.5, 0.6) is 0 Å². The van der Waals surface area contributed by atoms with Gasteiger partial charge in [-0.25, -0.2) is 4.39 Å². The van der Waals surface area contributed by atoms with Crippen molar-refractivity contribution in [3.8, 4) is 0 Å². The molecule has 1 aromatic carbocycles. The molecule has 0 aliphatic carbocycles. The van der Waals surface area contributed by atoms with Gasteiger partial charge in [0.15, 0.2) is 0 Å². The third-order valence-electron chi connectivity index (χ3n) is 3.36. The van der Waals surface area contributed by atoms with Crippen LogP contribution in [0.4, 0.5) is 14.5 Å². The third kappa shape index (κ3) is 3.09. The van der Waals surface area contributed by atoms with Crippen LogP contribution >= 0.6 is 0 Å². The number of nitro benzene ring substituents is 1. The Labute approximate surface area is 115 Å². The Bertz CT molecular complexity index is 547. The second-order valence-corrected chi connectivity index (χ2v) is 4.94. The Hall–Kier alpha value is -2.05. The number of carbonyl (C=O) groups excluding carboxylic acids is 1. The molecule has 0 saturated carbocycles. The number of carbonyl (C=O) groups is 1. The Morgan fingerprint density at radius 1 is 1.25 bits per heavy atom. The molecule has 0 spiro atoms. The summed E-state index contributed by atoms with van der Waals surface area (Å²) in [4.78, 5) is 22.8. The highest BCUT2D eigenvalue weighted by atomic mass is 19.1. The van der Waals surface area contributed by atoms with E-state index < -0.39 is 33.7 Å². The number of hydrogen-bond acceptors (Lipinski definition) is 3. The molecule has 0 fully saturated rings. The fourth-order valence-corrected chi connectivity index (χ4v) is 1.66. The minimum absolute atomic E-state index is 0.134. The standard InChI is InChI=1S/C13H16F2N2O3/c1-7(2)8(3)16(4)13(18)9-5-11(15)12(17(19)20)6-10(9)14/h5-8H,1-4H3. The number of benzene rings is 1. The summed E-state index contributed by atoms with van der Waals surface area (Å²) in [6, 6.07) is 0.815. The van der Waals surface area contributed by atoms with Crippen LogP contribution in [0.15, 0.2) is 12.1 Å². The highest BCUT2D eigenvalue weighted by Gasteiger charge is 2.26. The van der Waals surface area contributed by atoms with Gasteiger partial charge in [-0.05, 0) is 18.9 Å². The summed E-state index contributed by atoms with van der Waals surface area (Å²) in [5.41, 5.74) is -1.50.